The minimum Gasteiger partial charge on any atom is -0.443 e. The van der Waals surface area contributed by atoms with E-state index < -0.39 is 5.92 Å². The van der Waals surface area contributed by atoms with E-state index in [1.807, 2.05) is 12.3 Å². The van der Waals surface area contributed by atoms with Crippen molar-refractivity contribution in [2.24, 2.45) is 9.98 Å². The lowest BCUT2D eigenvalue weighted by Gasteiger charge is -2.32. The normalized spacial score (nSPS) is 20.2. The van der Waals surface area contributed by atoms with Crippen LogP contribution in [0.25, 0.3) is 5.57 Å². The molecule has 224 valence electrons. The predicted molar refractivity (Wildman–Crippen MR) is 161 cm³/mol. The van der Waals surface area contributed by atoms with Gasteiger partial charge in [-0.15, -0.1) is 0 Å². The molecule has 4 aliphatic heterocycles. The van der Waals surface area contributed by atoms with Crippen molar-refractivity contribution in [2.45, 2.75) is 44.4 Å². The fourth-order valence-electron chi connectivity index (χ4n) is 5.70. The highest BCUT2D eigenvalue weighted by Crippen LogP contribution is 2.29. The maximum Gasteiger partial charge on any atom is 0.274 e. The summed E-state index contributed by atoms with van der Waals surface area (Å²) >= 11 is 0. The van der Waals surface area contributed by atoms with Crippen molar-refractivity contribution in [1.82, 2.24) is 15.5 Å². The van der Waals surface area contributed by atoms with Crippen molar-refractivity contribution < 1.29 is 22.7 Å². The molecular formula is C33H34F3N5O2. The zero-order valence-electron chi connectivity index (χ0n) is 23.8. The molecule has 0 radical (unpaired) electrons. The highest BCUT2D eigenvalue weighted by molar-refractivity contribution is 6.46. The van der Waals surface area contributed by atoms with Gasteiger partial charge in [-0.1, -0.05) is 24.3 Å². The SMILES string of the molecule is O=C(NC1=CN=C(Oc2cccc(F)c2)CC1)C1=NCCCc2ccc(C3=CC(CN4CCC(F)(F)CC4)=CNC3)cc21. The Kier molecular flexibility index (Phi) is 8.47. The summed E-state index contributed by atoms with van der Waals surface area (Å²) in [6.07, 6.45) is 8.09. The minimum atomic E-state index is -2.56. The molecule has 0 spiro atoms. The van der Waals surface area contributed by atoms with Crippen molar-refractivity contribution in [2.75, 3.05) is 32.7 Å². The zero-order valence-corrected chi connectivity index (χ0v) is 23.8. The van der Waals surface area contributed by atoms with Gasteiger partial charge in [-0.2, -0.15) is 0 Å². The van der Waals surface area contributed by atoms with E-state index >= 15 is 0 Å². The molecule has 10 heteroatoms. The molecule has 1 saturated heterocycles. The third kappa shape index (κ3) is 7.25. The number of dihydropyridines is 1. The molecule has 0 aliphatic carbocycles. The van der Waals surface area contributed by atoms with E-state index in [2.05, 4.69) is 43.7 Å². The van der Waals surface area contributed by atoms with E-state index in [4.69, 9.17) is 4.74 Å². The number of carbonyl (C=O) groups excluding carboxylic acids is 1. The fourth-order valence-corrected chi connectivity index (χ4v) is 5.70. The number of piperidine rings is 1. The van der Waals surface area contributed by atoms with Gasteiger partial charge >= 0.3 is 0 Å². The number of aryl methyl sites for hydroxylation is 1. The third-order valence-corrected chi connectivity index (χ3v) is 8.04. The van der Waals surface area contributed by atoms with Gasteiger partial charge in [0, 0.05) is 81.7 Å². The molecule has 0 unspecified atom stereocenters. The molecule has 4 aliphatic rings. The van der Waals surface area contributed by atoms with Crippen molar-refractivity contribution in [3.8, 4) is 5.75 Å². The monoisotopic (exact) mass is 589 g/mol. The number of fused-ring (bicyclic) bond motifs is 1. The Morgan fingerprint density at radius 3 is 2.74 bits per heavy atom. The number of hydrogen-bond acceptors (Lipinski definition) is 6. The number of rotatable bonds is 6. The maximum atomic E-state index is 13.6. The van der Waals surface area contributed by atoms with Gasteiger partial charge in [0.25, 0.3) is 11.8 Å². The standard InChI is InChI=1S/C33H34F3N5O2/c34-26-4-1-5-28(17-26)43-30-9-8-27(20-39-30)40-32(42)31-29-16-24(7-6-23(29)3-2-12-38-31)25-15-22(18-37-19-25)21-41-13-10-33(35,36)11-14-41/h1,4-7,15-18,20,37H,2-3,8-14,19,21H2,(H,40,42). The van der Waals surface area contributed by atoms with Crippen LogP contribution in [0.15, 0.2) is 82.2 Å². The number of aliphatic imine (C=N–C) groups is 2. The Labute approximate surface area is 248 Å². The van der Waals surface area contributed by atoms with Crippen molar-refractivity contribution in [3.63, 3.8) is 0 Å². The number of ether oxygens (including phenoxy) is 1. The summed E-state index contributed by atoms with van der Waals surface area (Å²) in [5.74, 6) is -2.40. The van der Waals surface area contributed by atoms with Gasteiger partial charge in [0.15, 0.2) is 5.90 Å². The van der Waals surface area contributed by atoms with Crippen molar-refractivity contribution >= 4 is 23.1 Å². The van der Waals surface area contributed by atoms with E-state index in [-0.39, 0.29) is 24.6 Å². The Balaban J connectivity index is 1.15. The number of nitrogens with one attached hydrogen (secondary N) is 2. The topological polar surface area (TPSA) is 78.3 Å². The van der Waals surface area contributed by atoms with Crippen LogP contribution < -0.4 is 15.4 Å². The molecule has 1 fully saturated rings. The van der Waals surface area contributed by atoms with E-state index in [0.29, 0.717) is 68.6 Å². The summed E-state index contributed by atoms with van der Waals surface area (Å²) in [4.78, 5) is 24.6. The smallest absolute Gasteiger partial charge is 0.274 e. The second kappa shape index (κ2) is 12.6. The molecule has 2 aromatic carbocycles. The van der Waals surface area contributed by atoms with Crippen LogP contribution in [0.4, 0.5) is 13.2 Å². The molecule has 1 amide bonds. The van der Waals surface area contributed by atoms with Crippen LogP contribution in [0, 0.1) is 5.82 Å². The van der Waals surface area contributed by atoms with E-state index in [1.54, 1.807) is 18.3 Å². The van der Waals surface area contributed by atoms with Gasteiger partial charge < -0.3 is 15.4 Å². The Hall–Kier alpha value is -4.18. The number of hydrogen-bond donors (Lipinski definition) is 2. The van der Waals surface area contributed by atoms with Crippen LogP contribution in [0.3, 0.4) is 0 Å². The minimum absolute atomic E-state index is 0.105. The molecule has 0 atom stereocenters. The highest BCUT2D eigenvalue weighted by atomic mass is 19.3. The maximum absolute atomic E-state index is 13.6. The number of halogens is 3. The first-order valence-electron chi connectivity index (χ1n) is 14.7. The molecule has 0 aromatic heterocycles. The molecule has 6 rings (SSSR count). The van der Waals surface area contributed by atoms with Crippen LogP contribution in [0.2, 0.25) is 0 Å². The molecular weight excluding hydrogens is 555 g/mol. The summed E-state index contributed by atoms with van der Waals surface area (Å²) in [7, 11) is 0. The highest BCUT2D eigenvalue weighted by Gasteiger charge is 2.34. The lowest BCUT2D eigenvalue weighted by atomic mass is 9.92. The molecule has 43 heavy (non-hydrogen) atoms. The van der Waals surface area contributed by atoms with Crippen molar-refractivity contribution in [3.05, 3.63) is 94.7 Å². The average molecular weight is 590 g/mol. The fraction of sp³-hybridized carbons (Fsp3) is 0.364. The summed E-state index contributed by atoms with van der Waals surface area (Å²) in [6, 6.07) is 12.1. The molecule has 0 saturated carbocycles. The number of nitrogens with zero attached hydrogens (tertiary/aromatic N) is 3. The second-order valence-electron chi connectivity index (χ2n) is 11.3. The number of amides is 1. The van der Waals surface area contributed by atoms with E-state index in [1.165, 1.54) is 12.1 Å². The van der Waals surface area contributed by atoms with Gasteiger partial charge in [0.1, 0.15) is 17.3 Å². The number of likely N-dealkylation sites (tertiary alicyclic amines) is 1. The lowest BCUT2D eigenvalue weighted by Crippen LogP contribution is -2.40. The molecule has 7 nitrogen and oxygen atoms in total. The Morgan fingerprint density at radius 1 is 1.09 bits per heavy atom. The number of benzene rings is 2. The summed E-state index contributed by atoms with van der Waals surface area (Å²) in [6.45, 7) is 2.56. The first-order valence-corrected chi connectivity index (χ1v) is 14.7. The summed E-state index contributed by atoms with van der Waals surface area (Å²) < 4.78 is 46.3. The molecule has 0 bridgehead atoms. The Morgan fingerprint density at radius 2 is 1.95 bits per heavy atom. The molecule has 2 aromatic rings. The van der Waals surface area contributed by atoms with Crippen LogP contribution in [-0.4, -0.2) is 61.1 Å². The van der Waals surface area contributed by atoms with Gasteiger partial charge in [-0.25, -0.2) is 18.2 Å². The first-order chi connectivity index (χ1) is 20.8. The van der Waals surface area contributed by atoms with Crippen molar-refractivity contribution in [1.29, 1.82) is 0 Å². The van der Waals surface area contributed by atoms with Crippen LogP contribution in [0.5, 0.6) is 5.75 Å². The van der Waals surface area contributed by atoms with E-state index in [9.17, 15) is 18.0 Å². The van der Waals surface area contributed by atoms with E-state index in [0.717, 1.165) is 40.7 Å². The quantitative estimate of drug-likeness (QED) is 0.474. The summed E-state index contributed by atoms with van der Waals surface area (Å²) in [5, 5.41) is 6.31. The van der Waals surface area contributed by atoms with Crippen LogP contribution in [-0.2, 0) is 11.2 Å². The second-order valence-corrected chi connectivity index (χ2v) is 11.3. The Bertz CT molecular complexity index is 1550. The number of carbonyl (C=O) groups is 1. The van der Waals surface area contributed by atoms with Crippen LogP contribution >= 0.6 is 0 Å². The first kappa shape index (κ1) is 28.9. The largest absolute Gasteiger partial charge is 0.443 e. The molecule has 4 heterocycles. The number of alkyl halides is 2. The van der Waals surface area contributed by atoms with Gasteiger partial charge in [-0.05, 0) is 59.7 Å². The average Bonchev–Trinajstić information content (AvgIpc) is 3.22. The van der Waals surface area contributed by atoms with Gasteiger partial charge in [0.2, 0.25) is 0 Å². The zero-order chi connectivity index (χ0) is 29.8. The molecule has 2 N–H and O–H groups in total. The number of allylic oxidation sites excluding steroid dienone is 1. The predicted octanol–water partition coefficient (Wildman–Crippen LogP) is 5.39. The lowest BCUT2D eigenvalue weighted by molar-refractivity contribution is -0.114. The third-order valence-electron chi connectivity index (χ3n) is 8.04. The van der Waals surface area contributed by atoms with Crippen LogP contribution in [0.1, 0.15) is 48.8 Å². The van der Waals surface area contributed by atoms with Gasteiger partial charge in [0.05, 0.1) is 0 Å². The summed E-state index contributed by atoms with van der Waals surface area (Å²) in [5.41, 5.74) is 6.05. The van der Waals surface area contributed by atoms with Gasteiger partial charge in [-0.3, -0.25) is 14.7 Å².